The van der Waals surface area contributed by atoms with E-state index in [2.05, 4.69) is 26.6 Å². The van der Waals surface area contributed by atoms with E-state index in [-0.39, 0.29) is 17.9 Å². The van der Waals surface area contributed by atoms with Crippen LogP contribution in [0.4, 0.5) is 0 Å². The standard InChI is InChI=1S/C22H25BrN2O3/c1-4-20(17-8-10-18(23)11-9-17)25-22(27)15(2)24-21(26)14-7-16-5-12-19(28-3)13-6-16/h5-15,20H,4H2,1-3H3,(H,24,26)(H,25,27)/b14-7+. The fourth-order valence-electron chi connectivity index (χ4n) is 2.63. The van der Waals surface area contributed by atoms with E-state index in [1.165, 1.54) is 6.08 Å². The molecule has 0 saturated heterocycles. The van der Waals surface area contributed by atoms with Crippen LogP contribution in [0, 0.1) is 0 Å². The van der Waals surface area contributed by atoms with Crippen molar-refractivity contribution in [3.8, 4) is 5.75 Å². The number of benzene rings is 2. The van der Waals surface area contributed by atoms with E-state index in [1.807, 2.05) is 55.5 Å². The molecule has 5 nitrogen and oxygen atoms in total. The molecule has 0 aliphatic rings. The van der Waals surface area contributed by atoms with Gasteiger partial charge in [-0.05, 0) is 54.8 Å². The molecular formula is C22H25BrN2O3. The number of nitrogens with one attached hydrogen (secondary N) is 2. The van der Waals surface area contributed by atoms with Crippen LogP contribution in [0.25, 0.3) is 6.08 Å². The van der Waals surface area contributed by atoms with Crippen LogP contribution in [0.5, 0.6) is 5.75 Å². The van der Waals surface area contributed by atoms with Crippen LogP contribution >= 0.6 is 15.9 Å². The zero-order valence-corrected chi connectivity index (χ0v) is 17.8. The zero-order chi connectivity index (χ0) is 20.5. The Balaban J connectivity index is 1.90. The van der Waals surface area contributed by atoms with Crippen LogP contribution in [0.15, 0.2) is 59.1 Å². The third-order valence-electron chi connectivity index (χ3n) is 4.29. The monoisotopic (exact) mass is 444 g/mol. The van der Waals surface area contributed by atoms with Gasteiger partial charge < -0.3 is 15.4 Å². The maximum atomic E-state index is 12.5. The molecule has 2 unspecified atom stereocenters. The van der Waals surface area contributed by atoms with Gasteiger partial charge in [0.2, 0.25) is 11.8 Å². The summed E-state index contributed by atoms with van der Waals surface area (Å²) in [7, 11) is 1.60. The molecule has 0 radical (unpaired) electrons. The first-order chi connectivity index (χ1) is 13.4. The van der Waals surface area contributed by atoms with Gasteiger partial charge in [0.15, 0.2) is 0 Å². The highest BCUT2D eigenvalue weighted by Gasteiger charge is 2.18. The quantitative estimate of drug-likeness (QED) is 0.598. The van der Waals surface area contributed by atoms with Gasteiger partial charge in [-0.2, -0.15) is 0 Å². The van der Waals surface area contributed by atoms with Gasteiger partial charge in [0, 0.05) is 10.5 Å². The molecule has 148 valence electrons. The fourth-order valence-corrected chi connectivity index (χ4v) is 2.89. The Bertz CT molecular complexity index is 817. The minimum atomic E-state index is -0.641. The number of ether oxygens (including phenoxy) is 1. The topological polar surface area (TPSA) is 67.4 Å². The number of methoxy groups -OCH3 is 1. The van der Waals surface area contributed by atoms with Crippen LogP contribution in [-0.2, 0) is 9.59 Å². The molecule has 0 spiro atoms. The maximum Gasteiger partial charge on any atom is 0.244 e. The second kappa shape index (κ2) is 10.7. The van der Waals surface area contributed by atoms with Gasteiger partial charge in [-0.15, -0.1) is 0 Å². The Morgan fingerprint density at radius 3 is 2.29 bits per heavy atom. The third-order valence-corrected chi connectivity index (χ3v) is 4.82. The van der Waals surface area contributed by atoms with Gasteiger partial charge in [0.25, 0.3) is 0 Å². The van der Waals surface area contributed by atoms with E-state index in [1.54, 1.807) is 20.1 Å². The first-order valence-electron chi connectivity index (χ1n) is 9.11. The lowest BCUT2D eigenvalue weighted by Crippen LogP contribution is -2.45. The van der Waals surface area contributed by atoms with E-state index >= 15 is 0 Å². The lowest BCUT2D eigenvalue weighted by atomic mass is 10.0. The van der Waals surface area contributed by atoms with Crippen molar-refractivity contribution in [3.05, 3.63) is 70.2 Å². The average molecular weight is 445 g/mol. The lowest BCUT2D eigenvalue weighted by molar-refractivity contribution is -0.127. The summed E-state index contributed by atoms with van der Waals surface area (Å²) in [6.07, 6.45) is 3.86. The lowest BCUT2D eigenvalue weighted by Gasteiger charge is -2.20. The molecule has 2 aromatic rings. The van der Waals surface area contributed by atoms with Gasteiger partial charge in [0.05, 0.1) is 13.2 Å². The molecule has 2 aromatic carbocycles. The molecule has 2 amide bonds. The summed E-state index contributed by atoms with van der Waals surface area (Å²) in [5.74, 6) is 0.208. The first kappa shape index (κ1) is 21.7. The Morgan fingerprint density at radius 2 is 1.71 bits per heavy atom. The fraction of sp³-hybridized carbons (Fsp3) is 0.273. The van der Waals surface area contributed by atoms with Gasteiger partial charge in [-0.25, -0.2) is 0 Å². The first-order valence-corrected chi connectivity index (χ1v) is 9.90. The highest BCUT2D eigenvalue weighted by atomic mass is 79.9. The van der Waals surface area contributed by atoms with Crippen molar-refractivity contribution >= 4 is 33.8 Å². The van der Waals surface area contributed by atoms with Crippen molar-refractivity contribution in [2.24, 2.45) is 0 Å². The minimum absolute atomic E-state index is 0.102. The SMILES string of the molecule is CCC(NC(=O)C(C)NC(=O)/C=C/c1ccc(OC)cc1)c1ccc(Br)cc1. The summed E-state index contributed by atoms with van der Waals surface area (Å²) in [5.41, 5.74) is 1.89. The summed E-state index contributed by atoms with van der Waals surface area (Å²) < 4.78 is 6.09. The van der Waals surface area contributed by atoms with Crippen molar-refractivity contribution in [1.29, 1.82) is 0 Å². The predicted molar refractivity (Wildman–Crippen MR) is 115 cm³/mol. The second-order valence-corrected chi connectivity index (χ2v) is 7.27. The Hall–Kier alpha value is -2.60. The summed E-state index contributed by atoms with van der Waals surface area (Å²) in [4.78, 5) is 24.6. The number of carbonyl (C=O) groups is 2. The van der Waals surface area contributed by atoms with Gasteiger partial charge in [-0.3, -0.25) is 9.59 Å². The Kier molecular flexibility index (Phi) is 8.26. The number of hydrogen-bond donors (Lipinski definition) is 2. The summed E-state index contributed by atoms with van der Waals surface area (Å²) in [6.45, 7) is 3.68. The van der Waals surface area contributed by atoms with Crippen LogP contribution in [0.3, 0.4) is 0 Å². The Morgan fingerprint density at radius 1 is 1.07 bits per heavy atom. The summed E-state index contributed by atoms with van der Waals surface area (Å²) >= 11 is 3.41. The molecular weight excluding hydrogens is 420 g/mol. The van der Waals surface area contributed by atoms with E-state index in [0.717, 1.165) is 27.8 Å². The van der Waals surface area contributed by atoms with E-state index in [4.69, 9.17) is 4.74 Å². The average Bonchev–Trinajstić information content (AvgIpc) is 2.71. The van der Waals surface area contributed by atoms with Crippen molar-refractivity contribution < 1.29 is 14.3 Å². The van der Waals surface area contributed by atoms with Crippen LogP contribution in [-0.4, -0.2) is 25.0 Å². The second-order valence-electron chi connectivity index (χ2n) is 6.36. The van der Waals surface area contributed by atoms with E-state index < -0.39 is 6.04 Å². The number of halogens is 1. The van der Waals surface area contributed by atoms with Crippen molar-refractivity contribution in [3.63, 3.8) is 0 Å². The van der Waals surface area contributed by atoms with Gasteiger partial charge >= 0.3 is 0 Å². The number of amides is 2. The molecule has 0 aromatic heterocycles. The molecule has 0 saturated carbocycles. The van der Waals surface area contributed by atoms with Gasteiger partial charge in [0.1, 0.15) is 11.8 Å². The molecule has 6 heteroatoms. The Labute approximate surface area is 174 Å². The number of hydrogen-bond acceptors (Lipinski definition) is 3. The van der Waals surface area contributed by atoms with Crippen LogP contribution < -0.4 is 15.4 Å². The highest BCUT2D eigenvalue weighted by molar-refractivity contribution is 9.10. The molecule has 2 rings (SSSR count). The molecule has 0 bridgehead atoms. The molecule has 28 heavy (non-hydrogen) atoms. The molecule has 0 heterocycles. The molecule has 0 aliphatic heterocycles. The molecule has 2 N–H and O–H groups in total. The number of carbonyl (C=O) groups excluding carboxylic acids is 2. The van der Waals surface area contributed by atoms with Crippen LogP contribution in [0.1, 0.15) is 37.4 Å². The largest absolute Gasteiger partial charge is 0.497 e. The maximum absolute atomic E-state index is 12.5. The van der Waals surface area contributed by atoms with E-state index in [0.29, 0.717) is 0 Å². The minimum Gasteiger partial charge on any atom is -0.497 e. The zero-order valence-electron chi connectivity index (χ0n) is 16.2. The van der Waals surface area contributed by atoms with Crippen molar-refractivity contribution in [2.45, 2.75) is 32.4 Å². The predicted octanol–water partition coefficient (Wildman–Crippen LogP) is 4.24. The highest BCUT2D eigenvalue weighted by Crippen LogP contribution is 2.19. The summed E-state index contributed by atoms with van der Waals surface area (Å²) in [6, 6.07) is 14.4. The third kappa shape index (κ3) is 6.53. The molecule has 0 aliphatic carbocycles. The normalized spacial score (nSPS) is 13.0. The molecule has 0 fully saturated rings. The van der Waals surface area contributed by atoms with Crippen molar-refractivity contribution in [1.82, 2.24) is 10.6 Å². The smallest absolute Gasteiger partial charge is 0.244 e. The number of rotatable bonds is 8. The summed E-state index contributed by atoms with van der Waals surface area (Å²) in [5, 5.41) is 5.68. The van der Waals surface area contributed by atoms with Crippen molar-refractivity contribution in [2.75, 3.05) is 7.11 Å². The van der Waals surface area contributed by atoms with E-state index in [9.17, 15) is 9.59 Å². The molecule has 2 atom stereocenters. The van der Waals surface area contributed by atoms with Gasteiger partial charge in [-0.1, -0.05) is 47.1 Å². The van der Waals surface area contributed by atoms with Crippen LogP contribution in [0.2, 0.25) is 0 Å².